The molecule has 1 heterocycles. The van der Waals surface area contributed by atoms with Crippen molar-refractivity contribution in [3.63, 3.8) is 0 Å². The van der Waals surface area contributed by atoms with Crippen LogP contribution in [0, 0.1) is 6.92 Å². The third-order valence-corrected chi connectivity index (χ3v) is 6.30. The van der Waals surface area contributed by atoms with Crippen LogP contribution in [0.1, 0.15) is 48.3 Å². The average Bonchev–Trinajstić information content (AvgIpc) is 3.10. The topological polar surface area (TPSA) is 49.0 Å². The normalized spacial score (nSPS) is 14.7. The maximum Gasteiger partial charge on any atom is 0.279 e. The number of hydrogen-bond donors (Lipinski definition) is 1. The van der Waals surface area contributed by atoms with Crippen LogP contribution in [0.25, 0.3) is 11.4 Å². The zero-order chi connectivity index (χ0) is 21.3. The van der Waals surface area contributed by atoms with Gasteiger partial charge in [-0.1, -0.05) is 60.1 Å². The van der Waals surface area contributed by atoms with Gasteiger partial charge in [-0.2, -0.15) is 0 Å². The number of benzene rings is 2. The number of rotatable bonds is 4. The fraction of sp³-hybridized carbons (Fsp3) is 0.304. The van der Waals surface area contributed by atoms with Crippen LogP contribution in [-0.2, 0) is 0 Å². The lowest BCUT2D eigenvalue weighted by Crippen LogP contribution is -2.42. The summed E-state index contributed by atoms with van der Waals surface area (Å²) in [5, 5.41) is 1.63. The summed E-state index contributed by atoms with van der Waals surface area (Å²) in [5.74, 6) is 0.418. The Kier molecular flexibility index (Phi) is 6.37. The quantitative estimate of drug-likeness (QED) is 0.441. The first kappa shape index (κ1) is 21.2. The highest BCUT2D eigenvalue weighted by atomic mass is 35.5. The molecule has 0 atom stereocenters. The molecule has 2 aromatic carbocycles. The molecule has 0 spiro atoms. The van der Waals surface area contributed by atoms with Gasteiger partial charge in [0, 0.05) is 33.0 Å². The first-order chi connectivity index (χ1) is 14.4. The van der Waals surface area contributed by atoms with Gasteiger partial charge in [0.1, 0.15) is 11.5 Å². The summed E-state index contributed by atoms with van der Waals surface area (Å²) >= 11 is 18.6. The fourth-order valence-corrected chi connectivity index (χ4v) is 4.73. The lowest BCUT2D eigenvalue weighted by Gasteiger charge is -2.34. The number of carbonyl (C=O) groups excluding carboxylic acids is 1. The van der Waals surface area contributed by atoms with E-state index in [-0.39, 0.29) is 11.9 Å². The summed E-state index contributed by atoms with van der Waals surface area (Å²) in [6.45, 7) is 1.85. The lowest BCUT2D eigenvalue weighted by atomic mass is 9.93. The molecule has 1 fully saturated rings. The highest BCUT2D eigenvalue weighted by Crippen LogP contribution is 2.33. The Bertz CT molecular complexity index is 1070. The average molecular weight is 463 g/mol. The number of nitrogens with one attached hydrogen (secondary N) is 1. The lowest BCUT2D eigenvalue weighted by molar-refractivity contribution is 0.0965. The Morgan fingerprint density at radius 2 is 1.77 bits per heavy atom. The zero-order valence-corrected chi connectivity index (χ0v) is 18.9. The summed E-state index contributed by atoms with van der Waals surface area (Å²) in [6, 6.07) is 12.8. The molecule has 0 radical (unpaired) electrons. The maximum absolute atomic E-state index is 13.7. The predicted octanol–water partition coefficient (Wildman–Crippen LogP) is 7.32. The summed E-state index contributed by atoms with van der Waals surface area (Å²) < 4.78 is 0. The van der Waals surface area contributed by atoms with E-state index in [0.29, 0.717) is 37.8 Å². The van der Waals surface area contributed by atoms with Crippen molar-refractivity contribution < 1.29 is 4.79 Å². The standard InChI is InChI=1S/C23H22Cl3N3O/c1-14-21(28-22(27-14)19-11-10-16(25)13-20(19)26)23(30)29(17-7-3-2-4-8-17)18-9-5-6-15(24)12-18/h5-6,9-13,17H,2-4,7-8H2,1H3,(H,27,28). The molecule has 4 rings (SSSR count). The van der Waals surface area contributed by atoms with Crippen molar-refractivity contribution >= 4 is 46.4 Å². The Labute approximate surface area is 191 Å². The van der Waals surface area contributed by atoms with E-state index >= 15 is 0 Å². The SMILES string of the molecule is Cc1[nH]c(-c2ccc(Cl)cc2Cl)nc1C(=O)N(c1cccc(Cl)c1)C1CCCCC1. The number of amides is 1. The predicted molar refractivity (Wildman–Crippen MR) is 124 cm³/mol. The summed E-state index contributed by atoms with van der Waals surface area (Å²) in [4.78, 5) is 23.4. The number of aromatic nitrogens is 2. The van der Waals surface area contributed by atoms with Crippen LogP contribution in [0.5, 0.6) is 0 Å². The molecule has 1 amide bonds. The molecule has 1 aliphatic rings. The van der Waals surface area contributed by atoms with Crippen LogP contribution in [0.15, 0.2) is 42.5 Å². The van der Waals surface area contributed by atoms with Crippen LogP contribution in [-0.4, -0.2) is 21.9 Å². The number of halogens is 3. The molecular weight excluding hydrogens is 441 g/mol. The Hall–Kier alpha value is -2.01. The number of aryl methyl sites for hydroxylation is 1. The van der Waals surface area contributed by atoms with E-state index in [1.165, 1.54) is 6.42 Å². The van der Waals surface area contributed by atoms with Crippen molar-refractivity contribution in [2.24, 2.45) is 0 Å². The molecular formula is C23H22Cl3N3O. The molecule has 1 saturated carbocycles. The third kappa shape index (κ3) is 4.36. The molecule has 0 saturated heterocycles. The van der Waals surface area contributed by atoms with Crippen LogP contribution in [0.4, 0.5) is 5.69 Å². The van der Waals surface area contributed by atoms with E-state index in [9.17, 15) is 4.79 Å². The van der Waals surface area contributed by atoms with E-state index in [2.05, 4.69) is 9.97 Å². The molecule has 0 unspecified atom stereocenters. The van der Waals surface area contributed by atoms with Gasteiger partial charge < -0.3 is 9.88 Å². The van der Waals surface area contributed by atoms with Crippen molar-refractivity contribution in [1.82, 2.24) is 9.97 Å². The van der Waals surface area contributed by atoms with Gasteiger partial charge in [-0.25, -0.2) is 4.98 Å². The van der Waals surface area contributed by atoms with Crippen molar-refractivity contribution in [2.45, 2.75) is 45.1 Å². The smallest absolute Gasteiger partial charge is 0.279 e. The molecule has 1 aromatic heterocycles. The van der Waals surface area contributed by atoms with E-state index in [4.69, 9.17) is 34.8 Å². The minimum Gasteiger partial charge on any atom is -0.341 e. The van der Waals surface area contributed by atoms with Gasteiger partial charge >= 0.3 is 0 Å². The molecule has 0 bridgehead atoms. The molecule has 30 heavy (non-hydrogen) atoms. The van der Waals surface area contributed by atoms with Crippen molar-refractivity contribution in [3.8, 4) is 11.4 Å². The first-order valence-electron chi connectivity index (χ1n) is 10.0. The minimum absolute atomic E-state index is 0.128. The van der Waals surface area contributed by atoms with Crippen LogP contribution in [0.2, 0.25) is 15.1 Å². The minimum atomic E-state index is -0.130. The van der Waals surface area contributed by atoms with Gasteiger partial charge in [-0.15, -0.1) is 0 Å². The summed E-state index contributed by atoms with van der Waals surface area (Å²) in [5.41, 5.74) is 2.59. The van der Waals surface area contributed by atoms with Gasteiger partial charge in [0.2, 0.25) is 0 Å². The molecule has 3 aromatic rings. The van der Waals surface area contributed by atoms with E-state index in [0.717, 1.165) is 31.4 Å². The molecule has 1 N–H and O–H groups in total. The Morgan fingerprint density at radius 1 is 1.03 bits per heavy atom. The molecule has 1 aliphatic carbocycles. The second kappa shape index (κ2) is 9.01. The molecule has 4 nitrogen and oxygen atoms in total. The number of aromatic amines is 1. The van der Waals surface area contributed by atoms with Crippen LogP contribution in [0.3, 0.4) is 0 Å². The number of H-pyrrole nitrogens is 1. The van der Waals surface area contributed by atoms with Gasteiger partial charge in [-0.05, 0) is 56.2 Å². The zero-order valence-electron chi connectivity index (χ0n) is 16.6. The fourth-order valence-electron chi connectivity index (χ4n) is 4.05. The Morgan fingerprint density at radius 3 is 2.47 bits per heavy atom. The van der Waals surface area contributed by atoms with Crippen LogP contribution >= 0.6 is 34.8 Å². The van der Waals surface area contributed by atoms with Crippen molar-refractivity contribution in [1.29, 1.82) is 0 Å². The van der Waals surface area contributed by atoms with Crippen LogP contribution < -0.4 is 4.90 Å². The number of nitrogens with zero attached hydrogens (tertiary/aromatic N) is 2. The number of anilines is 1. The number of hydrogen-bond acceptors (Lipinski definition) is 2. The number of imidazole rings is 1. The molecule has 7 heteroatoms. The van der Waals surface area contributed by atoms with Gasteiger partial charge in [0.25, 0.3) is 5.91 Å². The van der Waals surface area contributed by atoms with Crippen molar-refractivity contribution in [3.05, 3.63) is 68.9 Å². The van der Waals surface area contributed by atoms with Gasteiger partial charge in [0.15, 0.2) is 0 Å². The summed E-state index contributed by atoms with van der Waals surface area (Å²) in [6.07, 6.45) is 5.37. The second-order valence-electron chi connectivity index (χ2n) is 7.63. The van der Waals surface area contributed by atoms with Gasteiger partial charge in [-0.3, -0.25) is 4.79 Å². The second-order valence-corrected chi connectivity index (χ2v) is 8.91. The van der Waals surface area contributed by atoms with Gasteiger partial charge in [0.05, 0.1) is 5.02 Å². The summed E-state index contributed by atoms with van der Waals surface area (Å²) in [7, 11) is 0. The highest BCUT2D eigenvalue weighted by Gasteiger charge is 2.30. The number of carbonyl (C=O) groups is 1. The largest absolute Gasteiger partial charge is 0.341 e. The monoisotopic (exact) mass is 461 g/mol. The van der Waals surface area contributed by atoms with E-state index in [1.54, 1.807) is 18.2 Å². The molecule has 0 aliphatic heterocycles. The van der Waals surface area contributed by atoms with E-state index in [1.807, 2.05) is 36.1 Å². The van der Waals surface area contributed by atoms with Crippen molar-refractivity contribution in [2.75, 3.05) is 4.90 Å². The maximum atomic E-state index is 13.7. The third-order valence-electron chi connectivity index (χ3n) is 5.52. The Balaban J connectivity index is 1.73. The molecule has 156 valence electrons. The highest BCUT2D eigenvalue weighted by molar-refractivity contribution is 6.36. The van der Waals surface area contributed by atoms with E-state index < -0.39 is 0 Å². The first-order valence-corrected chi connectivity index (χ1v) is 11.2.